The van der Waals surface area contributed by atoms with Gasteiger partial charge in [-0.25, -0.2) is 13.1 Å². The molecule has 55 heavy (non-hydrogen) atoms. The Morgan fingerprint density at radius 3 is 2.40 bits per heavy atom. The van der Waals surface area contributed by atoms with Crippen LogP contribution in [0.5, 0.6) is 11.5 Å². The Labute approximate surface area is 329 Å². The van der Waals surface area contributed by atoms with Crippen molar-refractivity contribution in [3.05, 3.63) is 87.6 Å². The summed E-state index contributed by atoms with van der Waals surface area (Å²) in [4.78, 5) is 43.9. The zero-order valence-electron chi connectivity index (χ0n) is 32.3. The lowest BCUT2D eigenvalue weighted by atomic mass is 9.90. The number of benzene rings is 3. The normalized spacial score (nSPS) is 18.3. The number of carbonyl (C=O) groups is 3. The van der Waals surface area contributed by atoms with E-state index in [0.717, 1.165) is 65.9 Å². The molecule has 3 aromatic carbocycles. The molecule has 2 aliphatic rings. The van der Waals surface area contributed by atoms with E-state index in [1.165, 1.54) is 18.2 Å². The summed E-state index contributed by atoms with van der Waals surface area (Å²) in [6.45, 7) is 9.29. The summed E-state index contributed by atoms with van der Waals surface area (Å²) < 4.78 is 44.8. The molecular formula is C42H51ClN4O7S. The molecule has 1 aromatic heterocycles. The molecule has 0 bridgehead atoms. The number of para-hydroxylation sites is 1. The number of amides is 3. The molecule has 2 atom stereocenters. The maximum atomic E-state index is 14.0. The Bertz CT molecular complexity index is 2180. The quantitative estimate of drug-likeness (QED) is 0.182. The zero-order chi connectivity index (χ0) is 39.4. The fraction of sp³-hybridized carbons (Fsp3) is 0.452. The standard InChI is InChI=1S/C42H51ClN4O7S/c1-27-24-31(25-28(2)40(27)43)53-23-13-22-46-29(3)39(33-14-7-8-15-35(33)46)41(49)44-55(51,52)32-18-19-37-34(26-32)42(50)45(5)20-11-6-12-21-47(30(4)48)36-16-9-10-17-38(36)54-37/h7-8,14-15,18-19,24-26,36,38H,6,9-13,16-17,20-23H2,1-5H3,(H,44,49)/t36-,38+/m1/s1. The molecular weight excluding hydrogens is 740 g/mol. The third-order valence-corrected chi connectivity index (χ3v) is 12.8. The zero-order valence-corrected chi connectivity index (χ0v) is 33.9. The second-order valence-corrected chi connectivity index (χ2v) is 16.9. The maximum Gasteiger partial charge on any atom is 0.267 e. The third kappa shape index (κ3) is 8.80. The Morgan fingerprint density at radius 1 is 0.945 bits per heavy atom. The van der Waals surface area contributed by atoms with Gasteiger partial charge in [-0.3, -0.25) is 14.4 Å². The topological polar surface area (TPSA) is 127 Å². The summed E-state index contributed by atoms with van der Waals surface area (Å²) in [7, 11) is -2.75. The highest BCUT2D eigenvalue weighted by Gasteiger charge is 2.35. The number of halogens is 1. The minimum Gasteiger partial charge on any atom is -0.494 e. The lowest BCUT2D eigenvalue weighted by Crippen LogP contribution is -2.50. The minimum atomic E-state index is -4.44. The molecule has 11 nitrogen and oxygen atoms in total. The molecule has 0 unspecified atom stereocenters. The van der Waals surface area contributed by atoms with Crippen LogP contribution < -0.4 is 14.2 Å². The van der Waals surface area contributed by atoms with Crippen molar-refractivity contribution in [1.29, 1.82) is 0 Å². The predicted octanol–water partition coefficient (Wildman–Crippen LogP) is 7.60. The van der Waals surface area contributed by atoms with Crippen LogP contribution in [-0.4, -0.2) is 79.4 Å². The number of aromatic nitrogens is 1. The highest BCUT2D eigenvalue weighted by molar-refractivity contribution is 7.90. The summed E-state index contributed by atoms with van der Waals surface area (Å²) in [6, 6.07) is 15.2. The third-order valence-electron chi connectivity index (χ3n) is 10.9. The molecule has 294 valence electrons. The first-order valence-corrected chi connectivity index (χ1v) is 21.0. The second-order valence-electron chi connectivity index (χ2n) is 14.8. The second kappa shape index (κ2) is 17.1. The average Bonchev–Trinajstić information content (AvgIpc) is 3.44. The highest BCUT2D eigenvalue weighted by Crippen LogP contribution is 2.33. The molecule has 4 aromatic rings. The van der Waals surface area contributed by atoms with E-state index in [0.29, 0.717) is 50.2 Å². The molecule has 1 fully saturated rings. The summed E-state index contributed by atoms with van der Waals surface area (Å²) >= 11 is 6.31. The van der Waals surface area contributed by atoms with Crippen molar-refractivity contribution < 1.29 is 32.3 Å². The van der Waals surface area contributed by atoms with Gasteiger partial charge in [0.25, 0.3) is 21.8 Å². The number of fused-ring (bicyclic) bond motifs is 3. The lowest BCUT2D eigenvalue weighted by Gasteiger charge is -2.39. The van der Waals surface area contributed by atoms with Crippen LogP contribution in [0.25, 0.3) is 10.9 Å². The van der Waals surface area contributed by atoms with Gasteiger partial charge in [0.1, 0.15) is 17.6 Å². The van der Waals surface area contributed by atoms with E-state index >= 15 is 0 Å². The summed E-state index contributed by atoms with van der Waals surface area (Å²) in [5, 5.41) is 1.34. The minimum absolute atomic E-state index is 0.00682. The van der Waals surface area contributed by atoms with Crippen LogP contribution in [-0.2, 0) is 21.4 Å². The Kier molecular flexibility index (Phi) is 12.5. The number of nitrogens with zero attached hydrogens (tertiary/aromatic N) is 3. The first kappa shape index (κ1) is 40.1. The van der Waals surface area contributed by atoms with Crippen LogP contribution in [0.2, 0.25) is 5.02 Å². The highest BCUT2D eigenvalue weighted by atomic mass is 35.5. The van der Waals surface area contributed by atoms with Crippen molar-refractivity contribution in [3.8, 4) is 11.5 Å². The van der Waals surface area contributed by atoms with Gasteiger partial charge in [0, 0.05) is 55.2 Å². The maximum absolute atomic E-state index is 14.0. The fourth-order valence-corrected chi connectivity index (χ4v) is 9.09. The predicted molar refractivity (Wildman–Crippen MR) is 214 cm³/mol. The van der Waals surface area contributed by atoms with Crippen LogP contribution in [0, 0.1) is 20.8 Å². The lowest BCUT2D eigenvalue weighted by molar-refractivity contribution is -0.134. The number of aryl methyl sites for hydroxylation is 3. The Balaban J connectivity index is 1.25. The van der Waals surface area contributed by atoms with Gasteiger partial charge in [0.15, 0.2) is 0 Å². The van der Waals surface area contributed by atoms with Crippen molar-refractivity contribution in [2.45, 2.75) is 103 Å². The first-order valence-electron chi connectivity index (χ1n) is 19.1. The van der Waals surface area contributed by atoms with E-state index in [1.54, 1.807) is 31.9 Å². The van der Waals surface area contributed by atoms with Gasteiger partial charge in [0.05, 0.1) is 28.7 Å². The van der Waals surface area contributed by atoms with E-state index in [2.05, 4.69) is 4.72 Å². The van der Waals surface area contributed by atoms with Gasteiger partial charge < -0.3 is 23.8 Å². The van der Waals surface area contributed by atoms with Gasteiger partial charge in [-0.2, -0.15) is 0 Å². The number of rotatable bonds is 8. The molecule has 1 N–H and O–H groups in total. The van der Waals surface area contributed by atoms with Crippen LogP contribution in [0.4, 0.5) is 0 Å². The molecule has 2 heterocycles. The first-order chi connectivity index (χ1) is 26.3. The summed E-state index contributed by atoms with van der Waals surface area (Å²) in [5.41, 5.74) is 3.64. The molecule has 3 amide bonds. The van der Waals surface area contributed by atoms with Gasteiger partial charge in [0.2, 0.25) is 5.91 Å². The molecule has 1 saturated carbocycles. The van der Waals surface area contributed by atoms with Crippen molar-refractivity contribution in [2.24, 2.45) is 0 Å². The molecule has 6 rings (SSSR count). The van der Waals surface area contributed by atoms with Gasteiger partial charge in [-0.1, -0.05) is 36.2 Å². The number of sulfonamides is 1. The van der Waals surface area contributed by atoms with Gasteiger partial charge >= 0.3 is 0 Å². The number of carbonyl (C=O) groups excluding carboxylic acids is 3. The van der Waals surface area contributed by atoms with Gasteiger partial charge in [-0.15, -0.1) is 0 Å². The summed E-state index contributed by atoms with van der Waals surface area (Å²) in [5.74, 6) is -0.164. The molecule has 0 saturated heterocycles. The largest absolute Gasteiger partial charge is 0.494 e. The number of hydrogen-bond donors (Lipinski definition) is 1. The van der Waals surface area contributed by atoms with Crippen LogP contribution in [0.1, 0.15) is 95.8 Å². The molecule has 0 radical (unpaired) electrons. The van der Waals surface area contributed by atoms with Crippen LogP contribution in [0.3, 0.4) is 0 Å². The van der Waals surface area contributed by atoms with E-state index < -0.39 is 15.9 Å². The summed E-state index contributed by atoms with van der Waals surface area (Å²) in [6.07, 6.45) is 6.04. The molecule has 13 heteroatoms. The average molecular weight is 791 g/mol. The van der Waals surface area contributed by atoms with Crippen molar-refractivity contribution in [3.63, 3.8) is 0 Å². The van der Waals surface area contributed by atoms with E-state index in [9.17, 15) is 22.8 Å². The Hall–Kier alpha value is -4.55. The van der Waals surface area contributed by atoms with Crippen molar-refractivity contribution >= 4 is 50.2 Å². The van der Waals surface area contributed by atoms with Gasteiger partial charge in [-0.05, 0) is 113 Å². The van der Waals surface area contributed by atoms with Crippen LogP contribution in [0.15, 0.2) is 59.5 Å². The van der Waals surface area contributed by atoms with E-state index in [4.69, 9.17) is 21.1 Å². The monoisotopic (exact) mass is 790 g/mol. The van der Waals surface area contributed by atoms with E-state index in [-0.39, 0.29) is 45.7 Å². The van der Waals surface area contributed by atoms with E-state index in [1.807, 2.05) is 53.6 Å². The number of ether oxygens (including phenoxy) is 2. The SMILES string of the molecule is CC(=O)N1CCCCCN(C)C(=O)c2cc(S(=O)(=O)NC(=O)c3c(C)n(CCCOc4cc(C)c(Cl)c(C)c4)c4ccccc34)ccc2O[C@H]2CCCC[C@H]21. The van der Waals surface area contributed by atoms with Crippen molar-refractivity contribution in [1.82, 2.24) is 19.1 Å². The number of hydrogen-bond acceptors (Lipinski definition) is 7. The molecule has 1 aliphatic carbocycles. The van der Waals surface area contributed by atoms with Crippen molar-refractivity contribution in [2.75, 3.05) is 26.7 Å². The fourth-order valence-electron chi connectivity index (χ4n) is 7.99. The smallest absolute Gasteiger partial charge is 0.267 e. The van der Waals surface area contributed by atoms with Crippen LogP contribution >= 0.6 is 11.6 Å². The molecule has 1 aliphatic heterocycles. The Morgan fingerprint density at radius 2 is 1.65 bits per heavy atom. The number of nitrogens with one attached hydrogen (secondary N) is 1. The molecule has 0 spiro atoms.